The highest BCUT2D eigenvalue weighted by Gasteiger charge is 2.29. The van der Waals surface area contributed by atoms with Gasteiger partial charge in [-0.05, 0) is 18.9 Å². The molecule has 0 unspecified atom stereocenters. The second-order valence-corrected chi connectivity index (χ2v) is 6.58. The van der Waals surface area contributed by atoms with E-state index >= 15 is 0 Å². The number of aromatic nitrogens is 2. The third-order valence-electron chi connectivity index (χ3n) is 4.53. The number of aromatic amines is 1. The third kappa shape index (κ3) is 4.71. The fraction of sp³-hybridized carbons (Fsp3) is 0.421. The minimum atomic E-state index is -0.803. The van der Waals surface area contributed by atoms with Crippen LogP contribution in [0.3, 0.4) is 0 Å². The SMILES string of the molecule is CCCCN(C(=O)c1ccccc1[N+](=O)[O-])c1c(N)n(CCCC)c(=O)[nH]c1=O. The molecule has 0 aliphatic heterocycles. The van der Waals surface area contributed by atoms with Crippen LogP contribution in [0.15, 0.2) is 33.9 Å². The molecule has 0 atom stereocenters. The molecule has 1 aromatic heterocycles. The van der Waals surface area contributed by atoms with Gasteiger partial charge in [0.15, 0.2) is 5.69 Å². The van der Waals surface area contributed by atoms with Crippen LogP contribution in [-0.2, 0) is 6.54 Å². The van der Waals surface area contributed by atoms with Gasteiger partial charge in [-0.3, -0.25) is 29.3 Å². The second kappa shape index (κ2) is 9.67. The van der Waals surface area contributed by atoms with Crippen LogP contribution in [0.4, 0.5) is 17.2 Å². The van der Waals surface area contributed by atoms with E-state index in [9.17, 15) is 24.5 Å². The van der Waals surface area contributed by atoms with Gasteiger partial charge in [-0.25, -0.2) is 4.79 Å². The van der Waals surface area contributed by atoms with Gasteiger partial charge in [-0.1, -0.05) is 38.8 Å². The Morgan fingerprint density at radius 1 is 1.21 bits per heavy atom. The van der Waals surface area contributed by atoms with Crippen molar-refractivity contribution in [1.29, 1.82) is 0 Å². The number of carbonyl (C=O) groups is 1. The third-order valence-corrected chi connectivity index (χ3v) is 4.53. The quantitative estimate of drug-likeness (QED) is 0.485. The van der Waals surface area contributed by atoms with E-state index in [1.165, 1.54) is 28.8 Å². The van der Waals surface area contributed by atoms with Gasteiger partial charge in [-0.2, -0.15) is 0 Å². The number of nitrogen functional groups attached to an aromatic ring is 1. The number of nitro groups is 1. The molecule has 0 aliphatic carbocycles. The van der Waals surface area contributed by atoms with Crippen molar-refractivity contribution in [3.05, 3.63) is 60.8 Å². The predicted molar refractivity (Wildman–Crippen MR) is 110 cm³/mol. The summed E-state index contributed by atoms with van der Waals surface area (Å²) in [5.41, 5.74) is 3.98. The number of para-hydroxylation sites is 1. The molecule has 1 aromatic carbocycles. The maximum atomic E-state index is 13.2. The molecule has 0 radical (unpaired) electrons. The highest BCUT2D eigenvalue weighted by Crippen LogP contribution is 2.25. The summed E-state index contributed by atoms with van der Waals surface area (Å²) < 4.78 is 1.21. The molecular formula is C19H25N5O5. The number of nitro benzene ring substituents is 1. The number of nitrogens with two attached hydrogens (primary N) is 1. The predicted octanol–water partition coefficient (Wildman–Crippen LogP) is 2.27. The van der Waals surface area contributed by atoms with Crippen molar-refractivity contribution in [1.82, 2.24) is 9.55 Å². The zero-order chi connectivity index (χ0) is 21.6. The van der Waals surface area contributed by atoms with E-state index in [1.54, 1.807) is 0 Å². The lowest BCUT2D eigenvalue weighted by atomic mass is 10.1. The molecule has 0 saturated heterocycles. The zero-order valence-corrected chi connectivity index (χ0v) is 16.5. The van der Waals surface area contributed by atoms with E-state index < -0.39 is 22.1 Å². The Labute approximate surface area is 167 Å². The molecule has 2 aromatic rings. The highest BCUT2D eigenvalue weighted by atomic mass is 16.6. The van der Waals surface area contributed by atoms with Crippen molar-refractivity contribution >= 4 is 23.1 Å². The Balaban J connectivity index is 2.65. The van der Waals surface area contributed by atoms with Crippen LogP contribution < -0.4 is 21.9 Å². The minimum absolute atomic E-state index is 0.126. The number of unbranched alkanes of at least 4 members (excludes halogenated alkanes) is 2. The number of amides is 1. The van der Waals surface area contributed by atoms with Gasteiger partial charge >= 0.3 is 5.69 Å². The first kappa shape index (κ1) is 21.9. The molecule has 0 saturated carbocycles. The lowest BCUT2D eigenvalue weighted by molar-refractivity contribution is -0.385. The Morgan fingerprint density at radius 2 is 1.86 bits per heavy atom. The Bertz CT molecular complexity index is 1010. The Kier molecular flexibility index (Phi) is 7.29. The fourth-order valence-corrected chi connectivity index (χ4v) is 2.97. The second-order valence-electron chi connectivity index (χ2n) is 6.58. The van der Waals surface area contributed by atoms with E-state index in [4.69, 9.17) is 5.73 Å². The standard InChI is InChI=1S/C19H25N5O5/c1-3-5-11-22(18(26)13-9-7-8-10-14(13)24(28)29)15-16(20)23(12-6-4-2)19(27)21-17(15)25/h7-10H,3-6,11-12,20H2,1-2H3,(H,21,25,27). The van der Waals surface area contributed by atoms with Crippen LogP contribution in [-0.4, -0.2) is 26.9 Å². The molecule has 1 amide bonds. The van der Waals surface area contributed by atoms with Crippen molar-refractivity contribution in [2.24, 2.45) is 0 Å². The summed E-state index contributed by atoms with van der Waals surface area (Å²) >= 11 is 0. The van der Waals surface area contributed by atoms with Crippen molar-refractivity contribution in [2.75, 3.05) is 17.2 Å². The van der Waals surface area contributed by atoms with E-state index in [0.29, 0.717) is 19.3 Å². The van der Waals surface area contributed by atoms with Crippen LogP contribution in [0.25, 0.3) is 0 Å². The monoisotopic (exact) mass is 403 g/mol. The van der Waals surface area contributed by atoms with Gasteiger partial charge in [0.1, 0.15) is 11.4 Å². The van der Waals surface area contributed by atoms with Crippen LogP contribution in [0.5, 0.6) is 0 Å². The van der Waals surface area contributed by atoms with Gasteiger partial charge in [0.2, 0.25) is 0 Å². The highest BCUT2D eigenvalue weighted by molar-refractivity contribution is 6.09. The zero-order valence-electron chi connectivity index (χ0n) is 16.5. The first-order valence-electron chi connectivity index (χ1n) is 9.51. The van der Waals surface area contributed by atoms with Crippen LogP contribution in [0, 0.1) is 10.1 Å². The van der Waals surface area contributed by atoms with Crippen molar-refractivity contribution < 1.29 is 9.72 Å². The molecule has 0 bridgehead atoms. The van der Waals surface area contributed by atoms with Crippen LogP contribution >= 0.6 is 0 Å². The maximum absolute atomic E-state index is 13.2. The normalized spacial score (nSPS) is 10.7. The molecule has 0 aliphatic rings. The summed E-state index contributed by atoms with van der Waals surface area (Å²) in [5.74, 6) is -0.848. The van der Waals surface area contributed by atoms with E-state index in [2.05, 4.69) is 4.98 Å². The first-order valence-corrected chi connectivity index (χ1v) is 9.51. The number of hydrogen-bond donors (Lipinski definition) is 2. The van der Waals surface area contributed by atoms with Gasteiger partial charge in [0.25, 0.3) is 17.2 Å². The summed E-state index contributed by atoms with van der Waals surface area (Å²) in [5, 5.41) is 11.3. The van der Waals surface area contributed by atoms with E-state index in [0.717, 1.165) is 11.3 Å². The van der Waals surface area contributed by atoms with Crippen LogP contribution in [0.2, 0.25) is 0 Å². The fourth-order valence-electron chi connectivity index (χ4n) is 2.97. The largest absolute Gasteiger partial charge is 0.383 e. The number of anilines is 2. The first-order chi connectivity index (χ1) is 13.8. The number of rotatable bonds is 9. The molecule has 29 heavy (non-hydrogen) atoms. The number of hydrogen-bond acceptors (Lipinski definition) is 6. The molecule has 0 fully saturated rings. The molecule has 2 rings (SSSR count). The summed E-state index contributed by atoms with van der Waals surface area (Å²) in [7, 11) is 0. The van der Waals surface area contributed by atoms with Crippen molar-refractivity contribution in [3.63, 3.8) is 0 Å². The van der Waals surface area contributed by atoms with Gasteiger partial charge in [0, 0.05) is 19.2 Å². The summed E-state index contributed by atoms with van der Waals surface area (Å²) in [4.78, 5) is 52.0. The summed E-state index contributed by atoms with van der Waals surface area (Å²) in [6.07, 6.45) is 2.71. The molecule has 156 valence electrons. The van der Waals surface area contributed by atoms with Crippen LogP contribution in [0.1, 0.15) is 49.9 Å². The molecular weight excluding hydrogens is 378 g/mol. The Morgan fingerprint density at radius 3 is 2.48 bits per heavy atom. The number of nitrogens with one attached hydrogen (secondary N) is 1. The number of benzene rings is 1. The maximum Gasteiger partial charge on any atom is 0.330 e. The molecule has 1 heterocycles. The number of carbonyl (C=O) groups excluding carboxylic acids is 1. The smallest absolute Gasteiger partial charge is 0.330 e. The summed E-state index contributed by atoms with van der Waals surface area (Å²) in [6.45, 7) is 4.26. The number of H-pyrrole nitrogens is 1. The lowest BCUT2D eigenvalue weighted by Gasteiger charge is -2.24. The average molecular weight is 403 g/mol. The molecule has 3 N–H and O–H groups in total. The topological polar surface area (TPSA) is 144 Å². The summed E-state index contributed by atoms with van der Waals surface area (Å²) in [6, 6.07) is 5.52. The molecule has 10 heteroatoms. The molecule has 0 spiro atoms. The van der Waals surface area contributed by atoms with Gasteiger partial charge in [-0.15, -0.1) is 0 Å². The Hall–Kier alpha value is -3.43. The van der Waals surface area contributed by atoms with Gasteiger partial charge in [0.05, 0.1) is 4.92 Å². The average Bonchev–Trinajstić information content (AvgIpc) is 2.69. The van der Waals surface area contributed by atoms with Crippen molar-refractivity contribution in [3.8, 4) is 0 Å². The van der Waals surface area contributed by atoms with E-state index in [1.807, 2.05) is 13.8 Å². The van der Waals surface area contributed by atoms with Crippen molar-refractivity contribution in [2.45, 2.75) is 46.1 Å². The van der Waals surface area contributed by atoms with E-state index in [-0.39, 0.29) is 35.8 Å². The van der Waals surface area contributed by atoms with Gasteiger partial charge < -0.3 is 10.6 Å². The number of nitrogens with zero attached hydrogens (tertiary/aromatic N) is 3. The lowest BCUT2D eigenvalue weighted by Crippen LogP contribution is -2.41. The molecule has 10 nitrogen and oxygen atoms in total. The minimum Gasteiger partial charge on any atom is -0.383 e.